The number of hydrogen-bond acceptors (Lipinski definition) is 5. The number of nitrogens with one attached hydrogen (secondary N) is 1. The highest BCUT2D eigenvalue weighted by Crippen LogP contribution is 2.27. The van der Waals surface area contributed by atoms with E-state index in [1.165, 1.54) is 4.68 Å². The molecule has 3 rings (SSSR count). The summed E-state index contributed by atoms with van der Waals surface area (Å²) in [5.74, 6) is 0. The van der Waals surface area contributed by atoms with E-state index in [0.29, 0.717) is 12.3 Å². The van der Waals surface area contributed by atoms with Gasteiger partial charge in [-0.05, 0) is 0 Å². The van der Waals surface area contributed by atoms with Gasteiger partial charge in [0.25, 0.3) is 0 Å². The van der Waals surface area contributed by atoms with E-state index in [2.05, 4.69) is 15.8 Å². The smallest absolute Gasteiger partial charge is 0.208 e. The van der Waals surface area contributed by atoms with Gasteiger partial charge in [-0.2, -0.15) is 5.26 Å². The third kappa shape index (κ3) is 1.63. The highest BCUT2D eigenvalue weighted by atomic mass is 16.6. The molecule has 0 saturated heterocycles. The Kier molecular flexibility index (Phi) is 2.52. The molecule has 0 unspecified atom stereocenters. The van der Waals surface area contributed by atoms with Crippen molar-refractivity contribution >= 4 is 11.3 Å². The molecule has 0 atom stereocenters. The summed E-state index contributed by atoms with van der Waals surface area (Å²) < 4.78 is 1.18. The van der Waals surface area contributed by atoms with Crippen LogP contribution >= 0.6 is 0 Å². The molecule has 0 bridgehead atoms. The Morgan fingerprint density at radius 3 is 2.94 bits per heavy atom. The highest BCUT2D eigenvalue weighted by molar-refractivity contribution is 5.90. The van der Waals surface area contributed by atoms with Gasteiger partial charge in [0.1, 0.15) is 12.3 Å². The highest BCUT2D eigenvalue weighted by Gasteiger charge is 2.21. The number of nitrogens with zero attached hydrogens (tertiary/aromatic N) is 4. The predicted octanol–water partition coefficient (Wildman–Crippen LogP) is 1.01. The maximum atomic E-state index is 8.95. The Morgan fingerprint density at radius 1 is 1.33 bits per heavy atom. The van der Waals surface area contributed by atoms with Crippen molar-refractivity contribution in [2.45, 2.75) is 0 Å². The van der Waals surface area contributed by atoms with Crippen molar-refractivity contribution in [3.8, 4) is 6.19 Å². The van der Waals surface area contributed by atoms with Crippen molar-refractivity contribution in [1.29, 1.82) is 5.26 Å². The van der Waals surface area contributed by atoms with Crippen LogP contribution in [0.15, 0.2) is 36.5 Å². The molecule has 6 heteroatoms. The van der Waals surface area contributed by atoms with E-state index in [1.54, 1.807) is 6.20 Å². The molecule has 0 spiro atoms. The van der Waals surface area contributed by atoms with E-state index in [1.807, 2.05) is 36.5 Å². The third-order valence-corrected chi connectivity index (χ3v) is 2.71. The van der Waals surface area contributed by atoms with Crippen LogP contribution in [-0.4, -0.2) is 21.6 Å². The molecule has 18 heavy (non-hydrogen) atoms. The molecule has 1 aromatic heterocycles. The Labute approximate surface area is 103 Å². The van der Waals surface area contributed by atoms with Crippen molar-refractivity contribution < 1.29 is 4.84 Å². The summed E-state index contributed by atoms with van der Waals surface area (Å²) in [6, 6.07) is 9.77. The molecule has 0 amide bonds. The van der Waals surface area contributed by atoms with Crippen molar-refractivity contribution in [3.63, 3.8) is 0 Å². The summed E-state index contributed by atoms with van der Waals surface area (Å²) in [6.45, 7) is 0.374. The van der Waals surface area contributed by atoms with Gasteiger partial charge in [-0.15, -0.1) is 9.78 Å². The van der Waals surface area contributed by atoms with E-state index in [-0.39, 0.29) is 0 Å². The molecule has 0 aliphatic carbocycles. The fourth-order valence-electron chi connectivity index (χ4n) is 1.87. The molecule has 1 aliphatic heterocycles. The van der Waals surface area contributed by atoms with Gasteiger partial charge in [0.05, 0.1) is 11.9 Å². The summed E-state index contributed by atoms with van der Waals surface area (Å²) in [4.78, 5) is 5.25. The lowest BCUT2D eigenvalue weighted by molar-refractivity contribution is 0.123. The van der Waals surface area contributed by atoms with Crippen LogP contribution in [0.3, 0.4) is 0 Å². The first kappa shape index (κ1) is 10.5. The average molecular weight is 239 g/mol. The van der Waals surface area contributed by atoms with Crippen LogP contribution in [0, 0.1) is 11.5 Å². The molecule has 1 N–H and O–H groups in total. The molecule has 0 fully saturated rings. The van der Waals surface area contributed by atoms with Crippen molar-refractivity contribution in [2.75, 3.05) is 6.61 Å². The van der Waals surface area contributed by atoms with E-state index in [0.717, 1.165) is 16.8 Å². The minimum Gasteiger partial charge on any atom is -0.271 e. The molecule has 1 aliphatic rings. The summed E-state index contributed by atoms with van der Waals surface area (Å²) in [5, 5.41) is 16.4. The lowest BCUT2D eigenvalue weighted by Gasteiger charge is -2.04. The largest absolute Gasteiger partial charge is 0.271 e. The Hall–Kier alpha value is -2.65. The van der Waals surface area contributed by atoms with E-state index in [9.17, 15) is 0 Å². The zero-order chi connectivity index (χ0) is 12.4. The van der Waals surface area contributed by atoms with Gasteiger partial charge >= 0.3 is 0 Å². The zero-order valence-corrected chi connectivity index (χ0v) is 9.37. The molecule has 2 heterocycles. The lowest BCUT2D eigenvalue weighted by atomic mass is 10.1. The number of benzene rings is 1. The SMILES string of the molecule is N#Cn1nncc1C1=C(c2ccccc2)NOC1. The Bertz CT molecular complexity index is 638. The average Bonchev–Trinajstić information content (AvgIpc) is 3.07. The van der Waals surface area contributed by atoms with Crippen LogP contribution < -0.4 is 5.48 Å². The van der Waals surface area contributed by atoms with E-state index < -0.39 is 0 Å². The van der Waals surface area contributed by atoms with E-state index >= 15 is 0 Å². The van der Waals surface area contributed by atoms with Crippen molar-refractivity contribution in [3.05, 3.63) is 47.8 Å². The summed E-state index contributed by atoms with van der Waals surface area (Å²) in [6.07, 6.45) is 3.50. The van der Waals surface area contributed by atoms with Gasteiger partial charge in [0, 0.05) is 11.1 Å². The van der Waals surface area contributed by atoms with Gasteiger partial charge in [-0.3, -0.25) is 10.3 Å². The fourth-order valence-corrected chi connectivity index (χ4v) is 1.87. The zero-order valence-electron chi connectivity index (χ0n) is 9.37. The summed E-state index contributed by atoms with van der Waals surface area (Å²) in [5.41, 5.74) is 6.21. The van der Waals surface area contributed by atoms with Gasteiger partial charge in [0.2, 0.25) is 6.19 Å². The quantitative estimate of drug-likeness (QED) is 0.846. The van der Waals surface area contributed by atoms with Gasteiger partial charge in [-0.1, -0.05) is 35.5 Å². The van der Waals surface area contributed by atoms with Crippen molar-refractivity contribution in [2.24, 2.45) is 0 Å². The number of hydrogen-bond donors (Lipinski definition) is 1. The van der Waals surface area contributed by atoms with Crippen LogP contribution in [0.5, 0.6) is 0 Å². The standard InChI is InChI=1S/C12H9N5O/c13-8-17-11(6-14-16-17)10-7-18-15-12(10)9-4-2-1-3-5-9/h1-6,15H,7H2. The molecule has 88 valence electrons. The Balaban J connectivity index is 2.13. The monoisotopic (exact) mass is 239 g/mol. The van der Waals surface area contributed by atoms with Gasteiger partial charge in [0.15, 0.2) is 0 Å². The summed E-state index contributed by atoms with van der Waals surface area (Å²) >= 11 is 0. The minimum absolute atomic E-state index is 0.374. The maximum absolute atomic E-state index is 8.95. The number of nitriles is 1. The first-order chi connectivity index (χ1) is 8.90. The maximum Gasteiger partial charge on any atom is 0.208 e. The normalized spacial score (nSPS) is 14.4. The molecule has 0 radical (unpaired) electrons. The lowest BCUT2D eigenvalue weighted by Crippen LogP contribution is -2.04. The second-order valence-electron chi connectivity index (χ2n) is 3.74. The first-order valence-electron chi connectivity index (χ1n) is 5.37. The van der Waals surface area contributed by atoms with Crippen molar-refractivity contribution in [1.82, 2.24) is 20.5 Å². The molecule has 1 aromatic carbocycles. The van der Waals surface area contributed by atoms with Crippen LogP contribution in [0.2, 0.25) is 0 Å². The number of aromatic nitrogens is 3. The molecular formula is C12H9N5O. The van der Waals surface area contributed by atoms with Gasteiger partial charge < -0.3 is 0 Å². The second kappa shape index (κ2) is 4.31. The molecule has 6 nitrogen and oxygen atoms in total. The number of hydroxylamine groups is 1. The van der Waals surface area contributed by atoms with Gasteiger partial charge in [-0.25, -0.2) is 0 Å². The summed E-state index contributed by atoms with van der Waals surface area (Å²) in [7, 11) is 0. The molecular weight excluding hydrogens is 230 g/mol. The van der Waals surface area contributed by atoms with Crippen LogP contribution in [0.25, 0.3) is 11.3 Å². The second-order valence-corrected chi connectivity index (χ2v) is 3.74. The topological polar surface area (TPSA) is 75.8 Å². The number of rotatable bonds is 2. The first-order valence-corrected chi connectivity index (χ1v) is 5.37. The van der Waals surface area contributed by atoms with Crippen LogP contribution in [0.1, 0.15) is 11.3 Å². The Morgan fingerprint density at radius 2 is 2.17 bits per heavy atom. The minimum atomic E-state index is 0.374. The predicted molar refractivity (Wildman–Crippen MR) is 63.4 cm³/mol. The molecule has 0 saturated carbocycles. The fraction of sp³-hybridized carbons (Fsp3) is 0.0833. The van der Waals surface area contributed by atoms with E-state index in [4.69, 9.17) is 10.1 Å². The van der Waals surface area contributed by atoms with Crippen LogP contribution in [0.4, 0.5) is 0 Å². The van der Waals surface area contributed by atoms with Crippen LogP contribution in [-0.2, 0) is 4.84 Å². The third-order valence-electron chi connectivity index (χ3n) is 2.71. The molecule has 2 aromatic rings.